The van der Waals surface area contributed by atoms with Gasteiger partial charge in [0.25, 0.3) is 0 Å². The summed E-state index contributed by atoms with van der Waals surface area (Å²) in [4.78, 5) is 0. The van der Waals surface area contributed by atoms with E-state index in [2.05, 4.69) is 128 Å². The van der Waals surface area contributed by atoms with Crippen LogP contribution in [0.4, 0.5) is 11.4 Å². The van der Waals surface area contributed by atoms with Crippen molar-refractivity contribution in [2.45, 2.75) is 91.9 Å². The van der Waals surface area contributed by atoms with Gasteiger partial charge in [0.05, 0.1) is 0 Å². The van der Waals surface area contributed by atoms with Gasteiger partial charge in [-0.1, -0.05) is 114 Å². The monoisotopic (exact) mass is 572 g/mol. The van der Waals surface area contributed by atoms with E-state index < -0.39 is 0 Å². The summed E-state index contributed by atoms with van der Waals surface area (Å²) in [5, 5.41) is 0. The molecule has 196 valence electrons. The molecule has 0 atom stereocenters. The number of allylic oxidation sites excluding steroid dienone is 8. The van der Waals surface area contributed by atoms with Crippen LogP contribution in [-0.2, 0) is 23.2 Å². The van der Waals surface area contributed by atoms with E-state index in [4.69, 9.17) is 11.5 Å². The van der Waals surface area contributed by atoms with Crippen LogP contribution in [0.15, 0.2) is 79.4 Å². The maximum atomic E-state index is 8.01. The van der Waals surface area contributed by atoms with Crippen molar-refractivity contribution in [2.75, 3.05) is 0 Å². The van der Waals surface area contributed by atoms with Crippen LogP contribution in [-0.4, -0.2) is 0 Å². The Hall–Kier alpha value is -2.12. The minimum absolute atomic E-state index is 0.312. The number of rotatable bonds is 6. The maximum Gasteiger partial charge on any atom is -0.0231 e. The van der Waals surface area contributed by atoms with Crippen LogP contribution in [0.3, 0.4) is 0 Å². The summed E-state index contributed by atoms with van der Waals surface area (Å²) in [5.41, 5.74) is 22.1. The van der Waals surface area contributed by atoms with Gasteiger partial charge in [-0.15, -0.1) is 11.4 Å². The molecule has 0 saturated carbocycles. The fourth-order valence-corrected chi connectivity index (χ4v) is 7.37. The Kier molecular flexibility index (Phi) is 12.9. The van der Waals surface area contributed by atoms with Crippen LogP contribution in [0.1, 0.15) is 114 Å². The molecule has 2 N–H and O–H groups in total. The molecule has 0 bridgehead atoms. The average Bonchev–Trinajstić information content (AvgIpc) is 3.54. The summed E-state index contributed by atoms with van der Waals surface area (Å²) in [6.07, 6.45) is 16.0. The minimum atomic E-state index is -0.312. The van der Waals surface area contributed by atoms with Crippen molar-refractivity contribution in [3.8, 4) is 0 Å². The van der Waals surface area contributed by atoms with Crippen LogP contribution >= 0.6 is 0 Å². The zero-order valence-corrected chi connectivity index (χ0v) is 26.6. The molecule has 37 heavy (non-hydrogen) atoms. The van der Waals surface area contributed by atoms with Gasteiger partial charge in [-0.05, 0) is 23.7 Å². The van der Waals surface area contributed by atoms with E-state index in [-0.39, 0.29) is 23.2 Å². The van der Waals surface area contributed by atoms with E-state index in [0.29, 0.717) is 23.7 Å². The molecular formula is C34H46N2Zr. The van der Waals surface area contributed by atoms with E-state index in [9.17, 15) is 0 Å². The Morgan fingerprint density at radius 1 is 0.541 bits per heavy atom. The molecule has 0 saturated heterocycles. The molecule has 0 amide bonds. The molecule has 2 aromatic rings. The van der Waals surface area contributed by atoms with E-state index in [1.54, 1.807) is 6.56 Å². The molecule has 4 rings (SSSR count). The molecule has 2 aromatic carbocycles. The van der Waals surface area contributed by atoms with Crippen molar-refractivity contribution >= 4 is 11.4 Å². The van der Waals surface area contributed by atoms with E-state index in [1.165, 1.54) is 12.8 Å². The first-order chi connectivity index (χ1) is 17.5. The zero-order chi connectivity index (χ0) is 27.5. The fraction of sp³-hybridized carbons (Fsp3) is 0.412. The van der Waals surface area contributed by atoms with E-state index >= 15 is 0 Å². The van der Waals surface area contributed by atoms with Crippen LogP contribution in [0.5, 0.6) is 0 Å². The summed E-state index contributed by atoms with van der Waals surface area (Å²) >= 11 is -0.312. The van der Waals surface area contributed by atoms with Crippen molar-refractivity contribution in [1.82, 2.24) is 0 Å². The van der Waals surface area contributed by atoms with Gasteiger partial charge < -0.3 is 11.5 Å². The van der Waals surface area contributed by atoms with E-state index in [0.717, 1.165) is 33.6 Å². The van der Waals surface area contributed by atoms with Crippen molar-refractivity contribution in [3.63, 3.8) is 0 Å². The van der Waals surface area contributed by atoms with Crippen molar-refractivity contribution in [3.05, 3.63) is 113 Å². The Labute approximate surface area is 238 Å². The second-order valence-corrected chi connectivity index (χ2v) is 14.8. The smallest absolute Gasteiger partial charge is 0.0231 e. The van der Waals surface area contributed by atoms with Gasteiger partial charge >= 0.3 is 79.1 Å². The van der Waals surface area contributed by atoms with Crippen LogP contribution in [0.2, 0.25) is 0 Å². The summed E-state index contributed by atoms with van der Waals surface area (Å²) in [5.74, 6) is 1.80. The Bertz CT molecular complexity index is 988. The molecule has 0 unspecified atom stereocenters. The summed E-state index contributed by atoms with van der Waals surface area (Å²) in [7, 11) is 0. The Balaban J connectivity index is 0.000000196. The molecular weight excluding hydrogens is 528 g/mol. The molecule has 2 nitrogen and oxygen atoms in total. The maximum absolute atomic E-state index is 8.01. The second-order valence-electron chi connectivity index (χ2n) is 11.0. The molecule has 2 aliphatic carbocycles. The van der Waals surface area contributed by atoms with Gasteiger partial charge in [0.2, 0.25) is 0 Å². The van der Waals surface area contributed by atoms with Crippen LogP contribution in [0.25, 0.3) is 11.5 Å². The molecule has 0 radical (unpaired) electrons. The molecule has 0 spiro atoms. The normalized spacial score (nSPS) is 13.8. The molecule has 2 aliphatic rings. The van der Waals surface area contributed by atoms with Gasteiger partial charge in [-0.25, -0.2) is 0 Å². The first-order valence-corrected chi connectivity index (χ1v) is 16.2. The van der Waals surface area contributed by atoms with Crippen molar-refractivity contribution in [2.24, 2.45) is 0 Å². The van der Waals surface area contributed by atoms with Gasteiger partial charge in [0, 0.05) is 0 Å². The fourth-order valence-electron chi connectivity index (χ4n) is 4.39. The van der Waals surface area contributed by atoms with Gasteiger partial charge in [0.15, 0.2) is 0 Å². The second kappa shape index (κ2) is 15.3. The third-order valence-electron chi connectivity index (χ3n) is 6.61. The minimum Gasteiger partial charge on any atom is -0.698 e. The van der Waals surface area contributed by atoms with Gasteiger partial charge in [-0.2, -0.15) is 0 Å². The molecule has 3 heteroatoms. The van der Waals surface area contributed by atoms with Gasteiger partial charge in [-0.3, -0.25) is 0 Å². The molecule has 0 aromatic heterocycles. The summed E-state index contributed by atoms with van der Waals surface area (Å²) in [6, 6.07) is 12.3. The van der Waals surface area contributed by atoms with Crippen molar-refractivity contribution < 1.29 is 23.2 Å². The van der Waals surface area contributed by atoms with Crippen LogP contribution in [0, 0.1) is 0 Å². The Morgan fingerprint density at radius 2 is 0.838 bits per heavy atom. The predicted molar refractivity (Wildman–Crippen MR) is 161 cm³/mol. The van der Waals surface area contributed by atoms with Crippen LogP contribution < -0.4 is 0 Å². The quantitative estimate of drug-likeness (QED) is 0.330. The van der Waals surface area contributed by atoms with E-state index in [1.807, 2.05) is 0 Å². The number of hydrogen-bond acceptors (Lipinski definition) is 0. The summed E-state index contributed by atoms with van der Waals surface area (Å²) in [6.45, 7) is 17.1. The average molecular weight is 574 g/mol. The Morgan fingerprint density at radius 3 is 1.05 bits per heavy atom. The molecule has 0 heterocycles. The third-order valence-corrected chi connectivity index (χ3v) is 10.0. The first-order valence-electron chi connectivity index (χ1n) is 13.7. The molecule has 0 aliphatic heterocycles. The summed E-state index contributed by atoms with van der Waals surface area (Å²) < 4.78 is 3.45. The largest absolute Gasteiger partial charge is 0.698 e. The predicted octanol–water partition coefficient (Wildman–Crippen LogP) is 12.0. The van der Waals surface area contributed by atoms with Crippen molar-refractivity contribution in [1.29, 1.82) is 0 Å². The number of hydrogen-bond donors (Lipinski definition) is 0. The topological polar surface area (TPSA) is 47.6 Å². The first kappa shape index (κ1) is 31.1. The third kappa shape index (κ3) is 9.60. The van der Waals surface area contributed by atoms with Gasteiger partial charge in [0.1, 0.15) is 0 Å². The number of benzene rings is 2. The molecule has 0 fully saturated rings. The number of nitrogens with one attached hydrogen (secondary N) is 2. The zero-order valence-electron chi connectivity index (χ0n) is 24.2. The standard InChI is InChI=1S/2C12H18N.2C5H5.Zr/c2*1-8(2)10-6-5-7-11(9(3)4)12(10)13;2*1-2-4-5-3-1;/h2*5-9,13H,1-4H3;2*1-3H,4H2;/q2*-1;;;+2. The SMILES string of the molecule is C1=CC[C]([Zr+2][C]2=CC=CC2)=C1.CC(C)c1cccc(C(C)C)c1[NH-].CC(C)c1cccc(C(C)C)c1[NH-].